The SMILES string of the molecule is CC(C)[C@]12O[C@H]1[C@@H]1O[C@]13[C@]1(O[C@H]1C[C@H]1C4=C(CC[C@@]13C)C(=O)OC4)[C@@H]2OC(=O)CCCC(=O)NCCCCNC(=O)CCCCC1CCSS1. The summed E-state index contributed by atoms with van der Waals surface area (Å²) in [7, 11) is 3.95. The van der Waals surface area contributed by atoms with Crippen molar-refractivity contribution in [3.05, 3.63) is 11.1 Å². The maximum Gasteiger partial charge on any atom is 0.334 e. The van der Waals surface area contributed by atoms with Crippen LogP contribution in [0.2, 0.25) is 0 Å². The normalized spacial score (nSPS) is 41.2. The second kappa shape index (κ2) is 13.2. The molecule has 4 saturated heterocycles. The number of amides is 2. The number of carbonyl (C=O) groups excluding carboxylic acids is 4. The van der Waals surface area contributed by atoms with Gasteiger partial charge in [-0.3, -0.25) is 14.4 Å². The molecular formula is C37H52N2O9S2. The minimum Gasteiger partial charge on any atom is -0.458 e. The number of carbonyl (C=O) groups is 4. The lowest BCUT2D eigenvalue weighted by Crippen LogP contribution is -2.70. The third kappa shape index (κ3) is 5.48. The van der Waals surface area contributed by atoms with E-state index in [0.29, 0.717) is 39.0 Å². The van der Waals surface area contributed by atoms with Gasteiger partial charge in [0.05, 0.1) is 6.10 Å². The fraction of sp³-hybridized carbons (Fsp3) is 0.838. The van der Waals surface area contributed by atoms with Crippen molar-refractivity contribution >= 4 is 45.3 Å². The van der Waals surface area contributed by atoms with Crippen molar-refractivity contribution in [2.24, 2.45) is 17.3 Å². The predicted octanol–water partition coefficient (Wildman–Crippen LogP) is 4.55. The van der Waals surface area contributed by atoms with E-state index in [4.69, 9.17) is 23.7 Å². The van der Waals surface area contributed by atoms with E-state index in [9.17, 15) is 19.2 Å². The van der Waals surface area contributed by atoms with Crippen molar-refractivity contribution in [2.75, 3.05) is 25.4 Å². The molecule has 8 rings (SSSR count). The van der Waals surface area contributed by atoms with Gasteiger partial charge in [-0.1, -0.05) is 48.8 Å². The largest absolute Gasteiger partial charge is 0.458 e. The van der Waals surface area contributed by atoms with Crippen LogP contribution >= 0.6 is 21.6 Å². The zero-order valence-electron chi connectivity index (χ0n) is 29.6. The third-order valence-electron chi connectivity index (χ3n) is 13.3. The zero-order chi connectivity index (χ0) is 34.9. The second-order valence-corrected chi connectivity index (χ2v) is 19.0. The van der Waals surface area contributed by atoms with Crippen molar-refractivity contribution in [3.63, 3.8) is 0 Å². The number of fused-ring (bicyclic) bond motifs is 4. The van der Waals surface area contributed by atoms with E-state index in [1.54, 1.807) is 0 Å². The van der Waals surface area contributed by atoms with E-state index in [2.05, 4.69) is 31.4 Å². The van der Waals surface area contributed by atoms with Gasteiger partial charge in [0.15, 0.2) is 11.7 Å². The summed E-state index contributed by atoms with van der Waals surface area (Å²) in [6.45, 7) is 7.97. The van der Waals surface area contributed by atoms with Crippen LogP contribution < -0.4 is 10.6 Å². The van der Waals surface area contributed by atoms with E-state index in [-0.39, 0.29) is 72.2 Å². The third-order valence-corrected chi connectivity index (χ3v) is 16.3. The summed E-state index contributed by atoms with van der Waals surface area (Å²) in [6, 6.07) is 0. The van der Waals surface area contributed by atoms with Gasteiger partial charge in [0.25, 0.3) is 0 Å². The van der Waals surface area contributed by atoms with E-state index in [1.165, 1.54) is 18.6 Å². The van der Waals surface area contributed by atoms with Crippen LogP contribution in [-0.4, -0.2) is 95.7 Å². The molecule has 0 aromatic heterocycles. The average molecular weight is 733 g/mol. The highest BCUT2D eigenvalue weighted by atomic mass is 33.1. The first-order chi connectivity index (χ1) is 24.1. The Morgan fingerprint density at radius 1 is 0.960 bits per heavy atom. The minimum atomic E-state index is -0.776. The van der Waals surface area contributed by atoms with E-state index in [0.717, 1.165) is 54.9 Å². The summed E-state index contributed by atoms with van der Waals surface area (Å²) in [4.78, 5) is 50.5. The standard InChI is InChI=1S/C37H52N2O9S2/c1-21(2)35-30(47-35)31-37(48-31)34(3)15-13-23-24(20-44-32(23)43)25(34)19-26-36(37,46-26)33(35)45-29(42)12-8-11-28(41)39-17-7-6-16-38-27(40)10-5-4-9-22-14-18-49-50-22/h21-22,25-26,30-31,33H,4-20H2,1-3H3,(H,38,40)(H,39,41)/t22?,25-,26-,30-,31-,33+,34-,35-,36+,37+/m0/s1. The van der Waals surface area contributed by atoms with Crippen LogP contribution in [0.25, 0.3) is 0 Å². The first-order valence-electron chi connectivity index (χ1n) is 19.0. The number of hydrogen-bond donors (Lipinski definition) is 2. The van der Waals surface area contributed by atoms with Gasteiger partial charge in [0.2, 0.25) is 11.8 Å². The molecule has 5 heterocycles. The van der Waals surface area contributed by atoms with Crippen LogP contribution in [0, 0.1) is 17.3 Å². The topological polar surface area (TPSA) is 148 Å². The fourth-order valence-corrected chi connectivity index (χ4v) is 13.6. The molecule has 10 atom stereocenters. The van der Waals surface area contributed by atoms with E-state index < -0.39 is 22.9 Å². The number of rotatable bonds is 16. The number of nitrogens with one attached hydrogen (secondary N) is 2. The number of epoxide rings is 3. The first-order valence-corrected chi connectivity index (χ1v) is 21.4. The summed E-state index contributed by atoms with van der Waals surface area (Å²) >= 11 is 0. The molecule has 2 saturated carbocycles. The molecule has 3 aliphatic carbocycles. The van der Waals surface area contributed by atoms with Crippen molar-refractivity contribution in [1.82, 2.24) is 10.6 Å². The predicted molar refractivity (Wildman–Crippen MR) is 187 cm³/mol. The van der Waals surface area contributed by atoms with Crippen LogP contribution in [0.4, 0.5) is 0 Å². The van der Waals surface area contributed by atoms with E-state index in [1.807, 2.05) is 21.6 Å². The van der Waals surface area contributed by atoms with Crippen molar-refractivity contribution in [2.45, 2.75) is 151 Å². The highest BCUT2D eigenvalue weighted by molar-refractivity contribution is 8.77. The number of unbranched alkanes of at least 4 members (excludes halogenated alkanes) is 2. The summed E-state index contributed by atoms with van der Waals surface area (Å²) in [5.41, 5.74) is -0.446. The molecule has 0 aromatic carbocycles. The Morgan fingerprint density at radius 3 is 2.44 bits per heavy atom. The Morgan fingerprint density at radius 2 is 1.72 bits per heavy atom. The molecule has 11 nitrogen and oxygen atoms in total. The molecule has 13 heteroatoms. The first kappa shape index (κ1) is 35.2. The second-order valence-electron chi connectivity index (χ2n) is 16.2. The van der Waals surface area contributed by atoms with Crippen molar-refractivity contribution in [1.29, 1.82) is 0 Å². The molecule has 1 unspecified atom stereocenters. The van der Waals surface area contributed by atoms with Gasteiger partial charge in [0.1, 0.15) is 30.0 Å². The molecule has 2 amide bonds. The van der Waals surface area contributed by atoms with Gasteiger partial charge in [0, 0.05) is 54.3 Å². The molecule has 0 bridgehead atoms. The molecular weight excluding hydrogens is 681 g/mol. The number of hydrogen-bond acceptors (Lipinski definition) is 11. The van der Waals surface area contributed by atoms with Crippen LogP contribution in [0.5, 0.6) is 0 Å². The van der Waals surface area contributed by atoms with Gasteiger partial charge in [-0.2, -0.15) is 0 Å². The average Bonchev–Trinajstić information content (AvgIpc) is 4.03. The lowest BCUT2D eigenvalue weighted by molar-refractivity contribution is -0.169. The van der Waals surface area contributed by atoms with Crippen LogP contribution in [0.1, 0.15) is 104 Å². The maximum atomic E-state index is 13.4. The number of ether oxygens (including phenoxy) is 5. The van der Waals surface area contributed by atoms with Crippen LogP contribution in [-0.2, 0) is 42.9 Å². The molecule has 276 valence electrons. The molecule has 50 heavy (non-hydrogen) atoms. The Bertz CT molecular complexity index is 1450. The summed E-state index contributed by atoms with van der Waals surface area (Å²) < 4.78 is 31.8. The van der Waals surface area contributed by atoms with Crippen LogP contribution in [0.3, 0.4) is 0 Å². The Kier molecular flexibility index (Phi) is 9.34. The molecule has 2 N–H and O–H groups in total. The fourth-order valence-electron chi connectivity index (χ4n) is 10.5. The zero-order valence-corrected chi connectivity index (χ0v) is 31.2. The highest BCUT2D eigenvalue weighted by Gasteiger charge is 3.01. The molecule has 5 aliphatic heterocycles. The summed E-state index contributed by atoms with van der Waals surface area (Å²) in [6.07, 6.45) is 8.56. The number of esters is 2. The smallest absolute Gasteiger partial charge is 0.334 e. The molecule has 6 fully saturated rings. The Hall–Kier alpha value is -1.80. The van der Waals surface area contributed by atoms with Crippen molar-refractivity contribution < 1.29 is 42.9 Å². The molecule has 2 spiro atoms. The van der Waals surface area contributed by atoms with Gasteiger partial charge >= 0.3 is 11.9 Å². The quantitative estimate of drug-likeness (QED) is 0.0997. The highest BCUT2D eigenvalue weighted by Crippen LogP contribution is 2.83. The van der Waals surface area contributed by atoms with Gasteiger partial charge in [-0.25, -0.2) is 4.79 Å². The van der Waals surface area contributed by atoms with E-state index >= 15 is 0 Å². The van der Waals surface area contributed by atoms with Crippen LogP contribution in [0.15, 0.2) is 11.1 Å². The minimum absolute atomic E-state index is 0.0858. The lowest BCUT2D eigenvalue weighted by atomic mass is 9.46. The molecule has 8 aliphatic rings. The van der Waals surface area contributed by atoms with Gasteiger partial charge in [-0.15, -0.1) is 0 Å². The maximum absolute atomic E-state index is 13.4. The van der Waals surface area contributed by atoms with Gasteiger partial charge in [-0.05, 0) is 75.2 Å². The number of cyclic esters (lactones) is 1. The monoisotopic (exact) mass is 732 g/mol. The lowest BCUT2D eigenvalue weighted by Gasteiger charge is -2.53. The van der Waals surface area contributed by atoms with Crippen molar-refractivity contribution in [3.8, 4) is 0 Å². The Labute approximate surface area is 302 Å². The van der Waals surface area contributed by atoms with Gasteiger partial charge < -0.3 is 34.3 Å². The molecule has 0 aromatic rings. The summed E-state index contributed by atoms with van der Waals surface area (Å²) in [5.74, 6) is 0.926. The Balaban J connectivity index is 0.784. The summed E-state index contributed by atoms with van der Waals surface area (Å²) in [5, 5.41) is 6.69. The molecule has 0 radical (unpaired) electrons.